The van der Waals surface area contributed by atoms with Crippen LogP contribution in [0, 0.1) is 25.2 Å². The predicted molar refractivity (Wildman–Crippen MR) is 74.4 cm³/mol. The molecule has 19 heavy (non-hydrogen) atoms. The molecule has 1 aromatic heterocycles. The number of aromatic nitrogens is 1. The van der Waals surface area contributed by atoms with E-state index < -0.39 is 0 Å². The number of aryl methyl sites for hydroxylation is 2. The normalized spacial score (nSPS) is 10.0. The average Bonchev–Trinajstić information content (AvgIpc) is 2.38. The van der Waals surface area contributed by atoms with E-state index in [1.807, 2.05) is 32.0 Å². The molecule has 5 heteroatoms. The third kappa shape index (κ3) is 2.78. The van der Waals surface area contributed by atoms with Crippen molar-refractivity contribution in [3.63, 3.8) is 0 Å². The lowest BCUT2D eigenvalue weighted by atomic mass is 10.1. The van der Waals surface area contributed by atoms with Gasteiger partial charge < -0.3 is 10.5 Å². The van der Waals surface area contributed by atoms with Crippen molar-refractivity contribution in [2.75, 3.05) is 5.73 Å². The van der Waals surface area contributed by atoms with E-state index in [-0.39, 0.29) is 5.88 Å². The molecular weight excluding hydrogens is 262 g/mol. The molecule has 96 valence electrons. The summed E-state index contributed by atoms with van der Waals surface area (Å²) in [6.07, 6.45) is 1.42. The Hall–Kier alpha value is -2.25. The van der Waals surface area contributed by atoms with Crippen molar-refractivity contribution in [2.45, 2.75) is 13.8 Å². The van der Waals surface area contributed by atoms with Crippen LogP contribution >= 0.6 is 11.6 Å². The van der Waals surface area contributed by atoms with Crippen LogP contribution in [0.15, 0.2) is 24.4 Å². The van der Waals surface area contributed by atoms with Gasteiger partial charge in [0.05, 0.1) is 11.3 Å². The van der Waals surface area contributed by atoms with E-state index in [9.17, 15) is 0 Å². The molecule has 2 aromatic rings. The van der Waals surface area contributed by atoms with E-state index in [4.69, 9.17) is 27.3 Å². The first kappa shape index (κ1) is 13.2. The van der Waals surface area contributed by atoms with Crippen molar-refractivity contribution in [3.05, 3.63) is 46.1 Å². The van der Waals surface area contributed by atoms with E-state index in [1.54, 1.807) is 0 Å². The Morgan fingerprint density at radius 2 is 1.89 bits per heavy atom. The third-order valence-corrected chi connectivity index (χ3v) is 3.23. The fourth-order valence-electron chi connectivity index (χ4n) is 1.69. The van der Waals surface area contributed by atoms with Crippen LogP contribution in [0.3, 0.4) is 0 Å². The molecule has 0 saturated carbocycles. The zero-order valence-electron chi connectivity index (χ0n) is 10.6. The Kier molecular flexibility index (Phi) is 3.59. The molecule has 2 rings (SSSR count). The predicted octanol–water partition coefficient (Wildman–Crippen LogP) is 3.60. The largest absolute Gasteiger partial charge is 0.437 e. The van der Waals surface area contributed by atoms with Gasteiger partial charge in [-0.15, -0.1) is 0 Å². The number of nitriles is 1. The van der Waals surface area contributed by atoms with Gasteiger partial charge in [0.15, 0.2) is 0 Å². The van der Waals surface area contributed by atoms with Gasteiger partial charge in [0.1, 0.15) is 11.8 Å². The summed E-state index contributed by atoms with van der Waals surface area (Å²) in [7, 11) is 0. The van der Waals surface area contributed by atoms with Crippen molar-refractivity contribution >= 4 is 17.3 Å². The van der Waals surface area contributed by atoms with E-state index >= 15 is 0 Å². The average molecular weight is 274 g/mol. The molecule has 0 spiro atoms. The molecule has 0 unspecified atom stereocenters. The fourth-order valence-corrected chi connectivity index (χ4v) is 1.80. The number of hydrogen-bond acceptors (Lipinski definition) is 4. The topological polar surface area (TPSA) is 71.9 Å². The van der Waals surface area contributed by atoms with Crippen LogP contribution < -0.4 is 10.5 Å². The van der Waals surface area contributed by atoms with Crippen LogP contribution in [0.2, 0.25) is 5.02 Å². The molecule has 0 amide bonds. The fraction of sp³-hybridized carbons (Fsp3) is 0.143. The summed E-state index contributed by atoms with van der Waals surface area (Å²) in [4.78, 5) is 4.02. The van der Waals surface area contributed by atoms with Gasteiger partial charge >= 0.3 is 0 Å². The number of nitrogens with zero attached hydrogens (tertiary/aromatic N) is 2. The molecule has 0 aliphatic rings. The minimum atomic E-state index is 0.278. The quantitative estimate of drug-likeness (QED) is 0.907. The molecule has 4 nitrogen and oxygen atoms in total. The van der Waals surface area contributed by atoms with Crippen molar-refractivity contribution in [1.29, 1.82) is 5.26 Å². The Morgan fingerprint density at radius 1 is 1.26 bits per heavy atom. The van der Waals surface area contributed by atoms with Crippen molar-refractivity contribution in [3.8, 4) is 17.7 Å². The van der Waals surface area contributed by atoms with Gasteiger partial charge in [0.2, 0.25) is 5.88 Å². The minimum absolute atomic E-state index is 0.278. The number of rotatable bonds is 2. The van der Waals surface area contributed by atoms with Gasteiger partial charge in [0, 0.05) is 11.2 Å². The summed E-state index contributed by atoms with van der Waals surface area (Å²) >= 11 is 6.09. The lowest BCUT2D eigenvalue weighted by molar-refractivity contribution is 0.465. The number of anilines is 1. The highest BCUT2D eigenvalue weighted by molar-refractivity contribution is 6.32. The first-order valence-corrected chi connectivity index (χ1v) is 5.99. The summed E-state index contributed by atoms with van der Waals surface area (Å²) < 4.78 is 5.62. The Bertz CT molecular complexity index is 654. The minimum Gasteiger partial charge on any atom is -0.437 e. The van der Waals surface area contributed by atoms with E-state index in [0.29, 0.717) is 22.0 Å². The molecule has 0 fully saturated rings. The second-order valence-corrected chi connectivity index (χ2v) is 4.58. The number of nitrogen functional groups attached to an aromatic ring is 1. The van der Waals surface area contributed by atoms with Gasteiger partial charge in [-0.05, 0) is 43.2 Å². The van der Waals surface area contributed by atoms with Crippen LogP contribution in [0.25, 0.3) is 0 Å². The van der Waals surface area contributed by atoms with Gasteiger partial charge in [-0.3, -0.25) is 0 Å². The summed E-state index contributed by atoms with van der Waals surface area (Å²) in [6, 6.07) is 7.12. The van der Waals surface area contributed by atoms with Crippen molar-refractivity contribution < 1.29 is 4.74 Å². The molecule has 2 N–H and O–H groups in total. The van der Waals surface area contributed by atoms with Crippen LogP contribution in [0.1, 0.15) is 16.7 Å². The first-order chi connectivity index (χ1) is 9.01. The third-order valence-electron chi connectivity index (χ3n) is 2.63. The zero-order chi connectivity index (χ0) is 14.0. The van der Waals surface area contributed by atoms with E-state index in [1.165, 1.54) is 12.3 Å². The van der Waals surface area contributed by atoms with Gasteiger partial charge in [-0.1, -0.05) is 11.6 Å². The molecule has 1 aromatic carbocycles. The Balaban J connectivity index is 2.34. The molecule has 0 atom stereocenters. The lowest BCUT2D eigenvalue weighted by Crippen LogP contribution is -1.96. The molecule has 0 bridgehead atoms. The van der Waals surface area contributed by atoms with Crippen molar-refractivity contribution in [1.82, 2.24) is 4.98 Å². The smallest absolute Gasteiger partial charge is 0.242 e. The monoisotopic (exact) mass is 273 g/mol. The van der Waals surface area contributed by atoms with E-state index in [2.05, 4.69) is 4.98 Å². The summed E-state index contributed by atoms with van der Waals surface area (Å²) in [5, 5.41) is 9.46. The Morgan fingerprint density at radius 3 is 2.42 bits per heavy atom. The number of benzene rings is 1. The Labute approximate surface area is 116 Å². The maximum atomic E-state index is 8.74. The summed E-state index contributed by atoms with van der Waals surface area (Å²) in [6.45, 7) is 3.80. The molecule has 0 radical (unpaired) electrons. The van der Waals surface area contributed by atoms with Crippen LogP contribution in [-0.4, -0.2) is 4.98 Å². The number of nitrogens with two attached hydrogens (primary N) is 1. The van der Waals surface area contributed by atoms with Gasteiger partial charge in [0.25, 0.3) is 0 Å². The van der Waals surface area contributed by atoms with Gasteiger partial charge in [-0.2, -0.15) is 5.26 Å². The number of hydrogen-bond donors (Lipinski definition) is 1. The molecule has 1 heterocycles. The van der Waals surface area contributed by atoms with Crippen LogP contribution in [0.5, 0.6) is 11.6 Å². The molecule has 0 aliphatic carbocycles. The highest BCUT2D eigenvalue weighted by Gasteiger charge is 2.08. The zero-order valence-corrected chi connectivity index (χ0v) is 11.3. The molecular formula is C14H12ClN3O. The van der Waals surface area contributed by atoms with Crippen LogP contribution in [-0.2, 0) is 0 Å². The number of halogens is 1. The second kappa shape index (κ2) is 5.17. The standard InChI is InChI=1S/C14H12ClN3O/c1-8-3-11(4-9(2)13(8)15)19-14-12(17)5-10(6-16)7-18-14/h3-5,7H,17H2,1-2H3. The lowest BCUT2D eigenvalue weighted by Gasteiger charge is -2.10. The maximum Gasteiger partial charge on any atom is 0.242 e. The maximum absolute atomic E-state index is 8.74. The highest BCUT2D eigenvalue weighted by atomic mass is 35.5. The number of pyridine rings is 1. The summed E-state index contributed by atoms with van der Waals surface area (Å²) in [5.41, 5.74) is 8.35. The number of ether oxygens (including phenoxy) is 1. The summed E-state index contributed by atoms with van der Waals surface area (Å²) in [5.74, 6) is 0.892. The SMILES string of the molecule is Cc1cc(Oc2ncc(C#N)cc2N)cc(C)c1Cl. The van der Waals surface area contributed by atoms with Crippen LogP contribution in [0.4, 0.5) is 5.69 Å². The molecule has 0 saturated heterocycles. The second-order valence-electron chi connectivity index (χ2n) is 4.20. The highest BCUT2D eigenvalue weighted by Crippen LogP contribution is 2.30. The van der Waals surface area contributed by atoms with E-state index in [0.717, 1.165) is 11.1 Å². The van der Waals surface area contributed by atoms with Crippen molar-refractivity contribution in [2.24, 2.45) is 0 Å². The molecule has 0 aliphatic heterocycles. The first-order valence-electron chi connectivity index (χ1n) is 5.61. The van der Waals surface area contributed by atoms with Gasteiger partial charge in [-0.25, -0.2) is 4.98 Å².